The molecule has 3 nitrogen and oxygen atoms in total. The Morgan fingerprint density at radius 2 is 2.06 bits per heavy atom. The molecule has 0 aliphatic heterocycles. The monoisotopic (exact) mass is 235 g/mol. The third kappa shape index (κ3) is 2.72. The Labute approximate surface area is 103 Å². The average molecular weight is 235 g/mol. The summed E-state index contributed by atoms with van der Waals surface area (Å²) in [7, 11) is 3.73. The van der Waals surface area contributed by atoms with Crippen LogP contribution in [-0.4, -0.2) is 26.3 Å². The fourth-order valence-electron chi connectivity index (χ4n) is 2.15. The van der Waals surface area contributed by atoms with Crippen LogP contribution >= 0.6 is 0 Å². The summed E-state index contributed by atoms with van der Waals surface area (Å²) in [4.78, 5) is 0. The largest absolute Gasteiger partial charge is 0.493 e. The zero-order chi connectivity index (χ0) is 12.3. The van der Waals surface area contributed by atoms with Crippen LogP contribution in [0.1, 0.15) is 25.3 Å². The van der Waals surface area contributed by atoms with Gasteiger partial charge in [-0.3, -0.25) is 0 Å². The van der Waals surface area contributed by atoms with Crippen molar-refractivity contribution in [2.45, 2.75) is 31.7 Å². The highest BCUT2D eigenvalue weighted by Gasteiger charge is 2.40. The van der Waals surface area contributed by atoms with Crippen molar-refractivity contribution in [1.82, 2.24) is 5.32 Å². The lowest BCUT2D eigenvalue weighted by atomic mass is 10.0. The summed E-state index contributed by atoms with van der Waals surface area (Å²) >= 11 is 0. The molecule has 1 aromatic rings. The van der Waals surface area contributed by atoms with Gasteiger partial charge in [0.2, 0.25) is 0 Å². The van der Waals surface area contributed by atoms with E-state index in [4.69, 9.17) is 9.47 Å². The van der Waals surface area contributed by atoms with Crippen LogP contribution in [0, 0.1) is 0 Å². The summed E-state index contributed by atoms with van der Waals surface area (Å²) in [6, 6.07) is 6.22. The Bertz CT molecular complexity index is 386. The van der Waals surface area contributed by atoms with Gasteiger partial charge in [0.15, 0.2) is 11.5 Å². The van der Waals surface area contributed by atoms with Crippen molar-refractivity contribution in [1.29, 1.82) is 0 Å². The second-order valence-electron chi connectivity index (χ2n) is 4.63. The van der Waals surface area contributed by atoms with E-state index in [1.807, 2.05) is 20.0 Å². The molecule has 0 radical (unpaired) electrons. The Balaban J connectivity index is 2.13. The molecule has 0 atom stereocenters. The standard InChI is InChI=1S/C14H21NO2/c1-4-17-12-6-5-11(9-13(12)16-3)10-14(15-2)7-8-14/h5-6,9,15H,4,7-8,10H2,1-3H3. The van der Waals surface area contributed by atoms with E-state index in [1.165, 1.54) is 18.4 Å². The minimum atomic E-state index is 0.331. The number of likely N-dealkylation sites (N-methyl/N-ethyl adjacent to an activating group) is 1. The van der Waals surface area contributed by atoms with Gasteiger partial charge in [0.1, 0.15) is 0 Å². The maximum atomic E-state index is 5.51. The fraction of sp³-hybridized carbons (Fsp3) is 0.571. The van der Waals surface area contributed by atoms with Crippen molar-refractivity contribution >= 4 is 0 Å². The molecule has 0 heterocycles. The molecule has 17 heavy (non-hydrogen) atoms. The van der Waals surface area contributed by atoms with E-state index < -0.39 is 0 Å². The highest BCUT2D eigenvalue weighted by molar-refractivity contribution is 5.43. The predicted octanol–water partition coefficient (Wildman–Crippen LogP) is 2.39. The predicted molar refractivity (Wildman–Crippen MR) is 68.9 cm³/mol. The normalized spacial score (nSPS) is 16.6. The van der Waals surface area contributed by atoms with Crippen LogP contribution in [0.5, 0.6) is 11.5 Å². The summed E-state index contributed by atoms with van der Waals surface area (Å²) in [5.41, 5.74) is 1.63. The van der Waals surface area contributed by atoms with Gasteiger partial charge in [0.05, 0.1) is 13.7 Å². The number of methoxy groups -OCH3 is 1. The van der Waals surface area contributed by atoms with Gasteiger partial charge >= 0.3 is 0 Å². The summed E-state index contributed by atoms with van der Waals surface area (Å²) in [6.45, 7) is 2.64. The molecule has 0 unspecified atom stereocenters. The van der Waals surface area contributed by atoms with Crippen molar-refractivity contribution in [2.75, 3.05) is 20.8 Å². The number of benzene rings is 1. The molecule has 0 aromatic heterocycles. The van der Waals surface area contributed by atoms with Gasteiger partial charge in [-0.1, -0.05) is 6.07 Å². The molecular formula is C14H21NO2. The molecule has 0 bridgehead atoms. The quantitative estimate of drug-likeness (QED) is 0.821. The first kappa shape index (κ1) is 12.2. The Morgan fingerprint density at radius 3 is 2.59 bits per heavy atom. The van der Waals surface area contributed by atoms with Crippen molar-refractivity contribution in [3.8, 4) is 11.5 Å². The van der Waals surface area contributed by atoms with Gasteiger partial charge in [-0.05, 0) is 50.9 Å². The van der Waals surface area contributed by atoms with E-state index in [-0.39, 0.29) is 0 Å². The molecule has 0 saturated heterocycles. The van der Waals surface area contributed by atoms with Crippen molar-refractivity contribution in [2.24, 2.45) is 0 Å². The van der Waals surface area contributed by atoms with Gasteiger partial charge in [0, 0.05) is 5.54 Å². The van der Waals surface area contributed by atoms with Gasteiger partial charge in [-0.2, -0.15) is 0 Å². The minimum Gasteiger partial charge on any atom is -0.493 e. The van der Waals surface area contributed by atoms with Crippen LogP contribution in [0.2, 0.25) is 0 Å². The van der Waals surface area contributed by atoms with E-state index in [9.17, 15) is 0 Å². The Kier molecular flexibility index (Phi) is 3.57. The van der Waals surface area contributed by atoms with E-state index in [1.54, 1.807) is 7.11 Å². The molecule has 1 N–H and O–H groups in total. The number of hydrogen-bond acceptors (Lipinski definition) is 3. The van der Waals surface area contributed by atoms with Crippen molar-refractivity contribution in [3.05, 3.63) is 23.8 Å². The topological polar surface area (TPSA) is 30.5 Å². The maximum absolute atomic E-state index is 5.51. The molecule has 1 saturated carbocycles. The molecule has 94 valence electrons. The maximum Gasteiger partial charge on any atom is 0.161 e. The summed E-state index contributed by atoms with van der Waals surface area (Å²) in [5, 5.41) is 3.41. The number of ether oxygens (including phenoxy) is 2. The third-order valence-corrected chi connectivity index (χ3v) is 3.45. The van der Waals surface area contributed by atoms with Crippen LogP contribution < -0.4 is 14.8 Å². The smallest absolute Gasteiger partial charge is 0.161 e. The molecular weight excluding hydrogens is 214 g/mol. The zero-order valence-corrected chi connectivity index (χ0v) is 10.9. The zero-order valence-electron chi connectivity index (χ0n) is 10.9. The van der Waals surface area contributed by atoms with E-state index in [2.05, 4.69) is 17.4 Å². The molecule has 1 aliphatic carbocycles. The van der Waals surface area contributed by atoms with Crippen LogP contribution in [0.15, 0.2) is 18.2 Å². The molecule has 0 spiro atoms. The number of nitrogens with one attached hydrogen (secondary N) is 1. The van der Waals surface area contributed by atoms with Gasteiger partial charge in [-0.15, -0.1) is 0 Å². The van der Waals surface area contributed by atoms with Crippen LogP contribution in [0.4, 0.5) is 0 Å². The lowest BCUT2D eigenvalue weighted by molar-refractivity contribution is 0.310. The third-order valence-electron chi connectivity index (χ3n) is 3.45. The minimum absolute atomic E-state index is 0.331. The van der Waals surface area contributed by atoms with E-state index in [0.717, 1.165) is 17.9 Å². The second kappa shape index (κ2) is 4.96. The lowest BCUT2D eigenvalue weighted by Gasteiger charge is -2.16. The van der Waals surface area contributed by atoms with E-state index in [0.29, 0.717) is 12.1 Å². The van der Waals surface area contributed by atoms with Gasteiger partial charge in [-0.25, -0.2) is 0 Å². The molecule has 2 rings (SSSR count). The summed E-state index contributed by atoms with van der Waals surface area (Å²) in [6.07, 6.45) is 3.59. The van der Waals surface area contributed by atoms with Crippen LogP contribution in [0.3, 0.4) is 0 Å². The van der Waals surface area contributed by atoms with Gasteiger partial charge in [0.25, 0.3) is 0 Å². The summed E-state index contributed by atoms with van der Waals surface area (Å²) in [5.74, 6) is 1.66. The first-order chi connectivity index (χ1) is 8.23. The molecule has 3 heteroatoms. The fourth-order valence-corrected chi connectivity index (χ4v) is 2.15. The highest BCUT2D eigenvalue weighted by Crippen LogP contribution is 2.39. The first-order valence-electron chi connectivity index (χ1n) is 6.21. The second-order valence-corrected chi connectivity index (χ2v) is 4.63. The Morgan fingerprint density at radius 1 is 1.29 bits per heavy atom. The summed E-state index contributed by atoms with van der Waals surface area (Å²) < 4.78 is 10.9. The van der Waals surface area contributed by atoms with Crippen LogP contribution in [-0.2, 0) is 6.42 Å². The highest BCUT2D eigenvalue weighted by atomic mass is 16.5. The number of hydrogen-bond donors (Lipinski definition) is 1. The van der Waals surface area contributed by atoms with Crippen molar-refractivity contribution < 1.29 is 9.47 Å². The lowest BCUT2D eigenvalue weighted by Crippen LogP contribution is -2.29. The molecule has 1 aliphatic rings. The molecule has 0 amide bonds. The van der Waals surface area contributed by atoms with Gasteiger partial charge < -0.3 is 14.8 Å². The average Bonchev–Trinajstić information content (AvgIpc) is 3.12. The molecule has 1 fully saturated rings. The first-order valence-corrected chi connectivity index (χ1v) is 6.21. The van der Waals surface area contributed by atoms with Crippen molar-refractivity contribution in [3.63, 3.8) is 0 Å². The SMILES string of the molecule is CCOc1ccc(CC2(NC)CC2)cc1OC. The Hall–Kier alpha value is -1.22. The van der Waals surface area contributed by atoms with Crippen LogP contribution in [0.25, 0.3) is 0 Å². The van der Waals surface area contributed by atoms with E-state index >= 15 is 0 Å². The molecule has 1 aromatic carbocycles. The number of rotatable bonds is 6.